The van der Waals surface area contributed by atoms with Crippen LogP contribution < -0.4 is 5.32 Å². The average Bonchev–Trinajstić information content (AvgIpc) is 3.20. The number of hydrogen-bond acceptors (Lipinski definition) is 8. The summed E-state index contributed by atoms with van der Waals surface area (Å²) in [7, 11) is 0. The molecule has 5 atom stereocenters. The molecule has 0 spiro atoms. The van der Waals surface area contributed by atoms with Gasteiger partial charge in [0.1, 0.15) is 23.0 Å². The summed E-state index contributed by atoms with van der Waals surface area (Å²) in [4.78, 5) is 23.0. The topological polar surface area (TPSA) is 110 Å². The van der Waals surface area contributed by atoms with Gasteiger partial charge in [-0.3, -0.25) is 4.79 Å². The predicted octanol–water partition coefficient (Wildman–Crippen LogP) is 4.44. The Morgan fingerprint density at radius 1 is 1.20 bits per heavy atom. The van der Waals surface area contributed by atoms with Crippen molar-refractivity contribution in [2.75, 3.05) is 18.5 Å². The molecule has 40 heavy (non-hydrogen) atoms. The molecular weight excluding hydrogens is 548 g/mol. The van der Waals surface area contributed by atoms with Crippen LogP contribution in [0.25, 0.3) is 11.0 Å². The van der Waals surface area contributed by atoms with Crippen molar-refractivity contribution in [2.45, 2.75) is 44.4 Å². The van der Waals surface area contributed by atoms with E-state index in [0.717, 1.165) is 23.1 Å². The zero-order valence-electron chi connectivity index (χ0n) is 21.9. The first kappa shape index (κ1) is 26.8. The minimum Gasteiger partial charge on any atom is -0.465 e. The van der Waals surface area contributed by atoms with Crippen molar-refractivity contribution in [3.05, 3.63) is 75.3 Å². The number of rotatable bonds is 8. The molecule has 0 amide bonds. The van der Waals surface area contributed by atoms with Gasteiger partial charge in [-0.15, -0.1) is 11.3 Å². The van der Waals surface area contributed by atoms with Gasteiger partial charge in [0, 0.05) is 18.7 Å². The molecule has 6 rings (SSSR count). The Hall–Kier alpha value is -3.42. The van der Waals surface area contributed by atoms with Gasteiger partial charge in [-0.1, -0.05) is 41.9 Å². The predicted molar refractivity (Wildman–Crippen MR) is 154 cm³/mol. The third kappa shape index (κ3) is 4.75. The summed E-state index contributed by atoms with van der Waals surface area (Å²) in [5, 5.41) is 26.2. The first-order chi connectivity index (χ1) is 19.4. The number of anilines is 1. The van der Waals surface area contributed by atoms with Gasteiger partial charge in [-0.05, 0) is 61.8 Å². The maximum Gasteiger partial charge on any atom is 0.315 e. The molecule has 2 aliphatic carbocycles. The number of fused-ring (bicyclic) bond motifs is 2. The Morgan fingerprint density at radius 2 is 2.02 bits per heavy atom. The third-order valence-corrected chi connectivity index (χ3v) is 9.02. The molecule has 3 aromatic heterocycles. The van der Waals surface area contributed by atoms with Crippen LogP contribution in [-0.4, -0.2) is 56.1 Å². The number of halogens is 1. The largest absolute Gasteiger partial charge is 0.465 e. The Balaban J connectivity index is 1.32. The number of hydrogen-bond donors (Lipinski definition) is 3. The highest BCUT2D eigenvalue weighted by molar-refractivity contribution is 7.16. The van der Waals surface area contributed by atoms with Crippen molar-refractivity contribution in [1.29, 1.82) is 0 Å². The van der Waals surface area contributed by atoms with E-state index in [4.69, 9.17) is 26.3 Å². The second-order valence-electron chi connectivity index (χ2n) is 10.2. The fourth-order valence-electron chi connectivity index (χ4n) is 5.89. The van der Waals surface area contributed by atoms with Crippen LogP contribution in [0.2, 0.25) is 4.34 Å². The van der Waals surface area contributed by atoms with Crippen LogP contribution in [0.4, 0.5) is 5.82 Å². The molecule has 0 bridgehead atoms. The lowest BCUT2D eigenvalue weighted by Gasteiger charge is -2.24. The Bertz CT molecular complexity index is 1610. The standard InChI is InChI=1S/C30H29ClN4O4S/c1-2-39-29(38)30-17-21(30)24(25(36)26(30)37)35-16-14-20-27(32-15-6-9-18-7-4-3-5-8-18)33-23(34-28(20)35)13-11-19-10-12-22(31)40-19/h3-5,7-8,10,12,14,16,21,24-26,36-37H,2,6,9,15,17H2,1H3,(H,32,33,34)/t21-,24-,25+,26+,30-/m1/s1. The first-order valence-electron chi connectivity index (χ1n) is 13.4. The van der Waals surface area contributed by atoms with Crippen LogP contribution in [-0.2, 0) is 16.0 Å². The van der Waals surface area contributed by atoms with Crippen LogP contribution >= 0.6 is 22.9 Å². The summed E-state index contributed by atoms with van der Waals surface area (Å²) in [6, 6.07) is 15.3. The minimum atomic E-state index is -1.21. The number of nitrogens with zero attached hydrogens (tertiary/aromatic N) is 3. The first-order valence-corrected chi connectivity index (χ1v) is 14.6. The summed E-state index contributed by atoms with van der Waals surface area (Å²) < 4.78 is 7.77. The maximum atomic E-state index is 12.8. The number of esters is 1. The molecule has 8 nitrogen and oxygen atoms in total. The lowest BCUT2D eigenvalue weighted by atomic mass is 9.99. The molecule has 0 saturated heterocycles. The summed E-state index contributed by atoms with van der Waals surface area (Å²) in [5.74, 6) is 6.39. The van der Waals surface area contributed by atoms with Gasteiger partial charge in [0.25, 0.3) is 0 Å². The van der Waals surface area contributed by atoms with E-state index in [1.165, 1.54) is 16.9 Å². The van der Waals surface area contributed by atoms with Gasteiger partial charge in [0.15, 0.2) is 0 Å². The van der Waals surface area contributed by atoms with Gasteiger partial charge >= 0.3 is 5.97 Å². The second-order valence-corrected chi connectivity index (χ2v) is 11.9. The molecule has 3 N–H and O–H groups in total. The highest BCUT2D eigenvalue weighted by atomic mass is 35.5. The lowest BCUT2D eigenvalue weighted by molar-refractivity contribution is -0.156. The number of carbonyl (C=O) groups is 1. The molecule has 10 heteroatoms. The number of aliphatic hydroxyl groups is 2. The zero-order chi connectivity index (χ0) is 27.9. The SMILES string of the molecule is CCOC(=O)[C@]12C[C@@H]1[C@@H](n1ccc3c(NCCCc4ccccc4)nc(C#Cc4ccc(Cl)s4)nc31)[C@H](O)[C@@H]2O. The van der Waals surface area contributed by atoms with Crippen LogP contribution in [0.5, 0.6) is 0 Å². The molecule has 2 saturated carbocycles. The lowest BCUT2D eigenvalue weighted by Crippen LogP contribution is -2.38. The number of ether oxygens (including phenoxy) is 1. The summed E-state index contributed by atoms with van der Waals surface area (Å²) in [6.45, 7) is 2.65. The second kappa shape index (κ2) is 10.9. The molecule has 2 aliphatic rings. The van der Waals surface area contributed by atoms with Gasteiger partial charge in [0.05, 0.1) is 33.4 Å². The van der Waals surface area contributed by atoms with Crippen molar-refractivity contribution in [1.82, 2.24) is 14.5 Å². The fraction of sp³-hybridized carbons (Fsp3) is 0.367. The van der Waals surface area contributed by atoms with Gasteiger partial charge in [-0.2, -0.15) is 0 Å². The van der Waals surface area contributed by atoms with E-state index in [-0.39, 0.29) is 12.5 Å². The number of benzene rings is 1. The van der Waals surface area contributed by atoms with E-state index in [9.17, 15) is 15.0 Å². The van der Waals surface area contributed by atoms with E-state index in [1.54, 1.807) is 13.0 Å². The van der Waals surface area contributed by atoms with Gasteiger partial charge < -0.3 is 24.8 Å². The zero-order valence-corrected chi connectivity index (χ0v) is 23.5. The summed E-state index contributed by atoms with van der Waals surface area (Å²) >= 11 is 7.44. The molecule has 0 unspecified atom stereocenters. The van der Waals surface area contributed by atoms with E-state index in [0.29, 0.717) is 34.6 Å². The van der Waals surface area contributed by atoms with Crippen molar-refractivity contribution >= 4 is 45.8 Å². The molecule has 206 valence electrons. The number of aromatic nitrogens is 3. The average molecular weight is 577 g/mol. The Kier molecular flexibility index (Phi) is 7.27. The number of nitrogens with one attached hydrogen (secondary N) is 1. The van der Waals surface area contributed by atoms with Crippen molar-refractivity contribution in [2.24, 2.45) is 11.3 Å². The van der Waals surface area contributed by atoms with E-state index < -0.39 is 29.6 Å². The Morgan fingerprint density at radius 3 is 2.77 bits per heavy atom. The fourth-order valence-corrected chi connectivity index (χ4v) is 6.78. The van der Waals surface area contributed by atoms with Crippen molar-refractivity contribution in [3.8, 4) is 11.8 Å². The highest BCUT2D eigenvalue weighted by Gasteiger charge is 2.76. The van der Waals surface area contributed by atoms with E-state index in [2.05, 4.69) is 29.3 Å². The van der Waals surface area contributed by atoms with E-state index >= 15 is 0 Å². The van der Waals surface area contributed by atoms with Crippen molar-refractivity contribution < 1.29 is 19.7 Å². The number of aryl methyl sites for hydroxylation is 1. The normalized spacial score (nSPS) is 24.8. The van der Waals surface area contributed by atoms with Crippen LogP contribution in [0, 0.1) is 23.2 Å². The molecule has 0 radical (unpaired) electrons. The molecule has 4 aromatic rings. The van der Waals surface area contributed by atoms with Gasteiger partial charge in [0.2, 0.25) is 5.82 Å². The monoisotopic (exact) mass is 576 g/mol. The third-order valence-electron chi connectivity index (χ3n) is 7.87. The van der Waals surface area contributed by atoms with Gasteiger partial charge in [-0.25, -0.2) is 9.97 Å². The quantitative estimate of drug-likeness (QED) is 0.162. The molecule has 2 fully saturated rings. The summed E-state index contributed by atoms with van der Waals surface area (Å²) in [6.07, 6.45) is 1.78. The summed E-state index contributed by atoms with van der Waals surface area (Å²) in [5.41, 5.74) is 0.771. The minimum absolute atomic E-state index is 0.219. The maximum absolute atomic E-state index is 12.8. The Labute approximate surface area is 241 Å². The smallest absolute Gasteiger partial charge is 0.315 e. The van der Waals surface area contributed by atoms with E-state index in [1.807, 2.05) is 41.1 Å². The number of carbonyl (C=O) groups excluding carboxylic acids is 1. The molecule has 1 aromatic carbocycles. The highest BCUT2D eigenvalue weighted by Crippen LogP contribution is 2.68. The molecule has 0 aliphatic heterocycles. The van der Waals surface area contributed by atoms with Crippen LogP contribution in [0.1, 0.15) is 42.1 Å². The molecule has 3 heterocycles. The molecular formula is C30H29ClN4O4S. The number of thiophene rings is 1. The van der Waals surface area contributed by atoms with Crippen LogP contribution in [0.15, 0.2) is 54.7 Å². The van der Waals surface area contributed by atoms with Crippen LogP contribution in [0.3, 0.4) is 0 Å². The van der Waals surface area contributed by atoms with Crippen molar-refractivity contribution in [3.63, 3.8) is 0 Å². The number of aliphatic hydroxyl groups excluding tert-OH is 2.